The molecule has 1 atom stereocenters. The molecule has 16 heavy (non-hydrogen) atoms. The highest BCUT2D eigenvalue weighted by atomic mass is 32.2. The molecule has 0 aromatic carbocycles. The van der Waals surface area contributed by atoms with E-state index in [4.69, 9.17) is 19.3 Å². The van der Waals surface area contributed by atoms with E-state index in [1.165, 1.54) is 0 Å². The predicted molar refractivity (Wildman–Crippen MR) is 60.7 cm³/mol. The molecule has 6 nitrogen and oxygen atoms in total. The fraction of sp³-hybridized carbons (Fsp3) is 1.00. The third-order valence-corrected chi connectivity index (χ3v) is 2.43. The molecular weight excluding hydrogens is 234 g/mol. The van der Waals surface area contributed by atoms with E-state index in [1.807, 2.05) is 13.8 Å². The highest BCUT2D eigenvalue weighted by molar-refractivity contribution is 7.89. The normalized spacial score (nSPS) is 13.9. The van der Waals surface area contributed by atoms with Gasteiger partial charge in [0, 0.05) is 6.61 Å². The summed E-state index contributed by atoms with van der Waals surface area (Å²) in [5, 5.41) is 4.80. The molecule has 0 aliphatic heterocycles. The minimum absolute atomic E-state index is 0.0155. The Morgan fingerprint density at radius 3 is 2.44 bits per heavy atom. The summed E-state index contributed by atoms with van der Waals surface area (Å²) in [4.78, 5) is 0. The zero-order valence-electron chi connectivity index (χ0n) is 9.85. The van der Waals surface area contributed by atoms with E-state index >= 15 is 0 Å². The quantitative estimate of drug-likeness (QED) is 0.543. The van der Waals surface area contributed by atoms with Crippen LogP contribution in [0.15, 0.2) is 0 Å². The van der Waals surface area contributed by atoms with E-state index in [0.717, 1.165) is 0 Å². The molecule has 0 bridgehead atoms. The first-order valence-corrected chi connectivity index (χ1v) is 6.94. The van der Waals surface area contributed by atoms with Gasteiger partial charge in [0.05, 0.1) is 38.3 Å². The van der Waals surface area contributed by atoms with Crippen molar-refractivity contribution < 1.29 is 22.6 Å². The largest absolute Gasteiger partial charge is 0.379 e. The number of ether oxygens (including phenoxy) is 3. The minimum atomic E-state index is -3.43. The molecule has 2 N–H and O–H groups in total. The lowest BCUT2D eigenvalue weighted by Gasteiger charge is -2.12. The summed E-state index contributed by atoms with van der Waals surface area (Å²) in [5.41, 5.74) is 0. The second-order valence-electron chi connectivity index (χ2n) is 3.32. The van der Waals surface area contributed by atoms with E-state index in [1.54, 1.807) is 0 Å². The summed E-state index contributed by atoms with van der Waals surface area (Å²) in [6, 6.07) is 0. The van der Waals surface area contributed by atoms with E-state index in [9.17, 15) is 8.42 Å². The lowest BCUT2D eigenvalue weighted by atomic mass is 10.4. The van der Waals surface area contributed by atoms with Crippen LogP contribution in [0, 0.1) is 0 Å². The van der Waals surface area contributed by atoms with Gasteiger partial charge in [-0.05, 0) is 13.8 Å². The van der Waals surface area contributed by atoms with Crippen molar-refractivity contribution >= 4 is 10.0 Å². The average molecular weight is 255 g/mol. The van der Waals surface area contributed by atoms with Crippen LogP contribution in [0.5, 0.6) is 0 Å². The number of sulfonamides is 1. The van der Waals surface area contributed by atoms with Crippen LogP contribution in [0.2, 0.25) is 0 Å². The molecule has 0 saturated heterocycles. The molecule has 0 aliphatic carbocycles. The molecule has 0 aliphatic rings. The van der Waals surface area contributed by atoms with Crippen molar-refractivity contribution in [1.82, 2.24) is 0 Å². The van der Waals surface area contributed by atoms with Crippen LogP contribution in [0.3, 0.4) is 0 Å². The highest BCUT2D eigenvalue weighted by Gasteiger charge is 2.03. The fourth-order valence-corrected chi connectivity index (χ4v) is 1.27. The van der Waals surface area contributed by atoms with Crippen molar-refractivity contribution in [3.63, 3.8) is 0 Å². The zero-order chi connectivity index (χ0) is 12.4. The van der Waals surface area contributed by atoms with E-state index in [-0.39, 0.29) is 18.5 Å². The second-order valence-corrected chi connectivity index (χ2v) is 5.05. The van der Waals surface area contributed by atoms with Crippen LogP contribution >= 0.6 is 0 Å². The summed E-state index contributed by atoms with van der Waals surface area (Å²) in [6.45, 7) is 5.90. The van der Waals surface area contributed by atoms with Gasteiger partial charge in [-0.25, -0.2) is 13.6 Å². The van der Waals surface area contributed by atoms with Crippen LogP contribution in [0.25, 0.3) is 0 Å². The third kappa shape index (κ3) is 11.9. The Labute approximate surface area is 97.1 Å². The number of hydrogen-bond donors (Lipinski definition) is 1. The fourth-order valence-electron chi connectivity index (χ4n) is 0.917. The first-order valence-electron chi connectivity index (χ1n) is 5.23. The van der Waals surface area contributed by atoms with Gasteiger partial charge in [-0.15, -0.1) is 0 Å². The SMILES string of the molecule is CCOCC(C)OCCOCCS(N)(=O)=O. The molecule has 0 fully saturated rings. The third-order valence-electron chi connectivity index (χ3n) is 1.70. The van der Waals surface area contributed by atoms with Gasteiger partial charge in [0.15, 0.2) is 0 Å². The maximum absolute atomic E-state index is 10.5. The average Bonchev–Trinajstić information content (AvgIpc) is 2.18. The second kappa shape index (κ2) is 8.89. The van der Waals surface area contributed by atoms with Gasteiger partial charge in [0.1, 0.15) is 0 Å². The first kappa shape index (κ1) is 15.8. The number of primary sulfonamides is 1. The molecule has 0 radical (unpaired) electrons. The van der Waals surface area contributed by atoms with Crippen molar-refractivity contribution in [1.29, 1.82) is 0 Å². The number of nitrogens with two attached hydrogens (primary N) is 1. The molecule has 98 valence electrons. The molecule has 0 spiro atoms. The summed E-state index contributed by atoms with van der Waals surface area (Å²) in [6.07, 6.45) is 0.0155. The Balaban J connectivity index is 3.27. The van der Waals surface area contributed by atoms with Crippen LogP contribution in [-0.4, -0.2) is 53.3 Å². The minimum Gasteiger partial charge on any atom is -0.379 e. The topological polar surface area (TPSA) is 87.8 Å². The molecule has 0 aromatic rings. The van der Waals surface area contributed by atoms with Gasteiger partial charge < -0.3 is 14.2 Å². The van der Waals surface area contributed by atoms with Gasteiger partial charge in [-0.3, -0.25) is 0 Å². The maximum Gasteiger partial charge on any atom is 0.211 e. The van der Waals surface area contributed by atoms with Crippen LogP contribution in [-0.2, 0) is 24.2 Å². The number of hydrogen-bond acceptors (Lipinski definition) is 5. The van der Waals surface area contributed by atoms with Crippen LogP contribution < -0.4 is 5.14 Å². The molecule has 0 heterocycles. The molecule has 0 rings (SSSR count). The van der Waals surface area contributed by atoms with Crippen molar-refractivity contribution in [2.45, 2.75) is 20.0 Å². The van der Waals surface area contributed by atoms with E-state index in [0.29, 0.717) is 26.4 Å². The molecule has 0 amide bonds. The van der Waals surface area contributed by atoms with Gasteiger partial charge in [-0.1, -0.05) is 0 Å². The summed E-state index contributed by atoms with van der Waals surface area (Å²) in [5.74, 6) is -0.165. The Hall–Kier alpha value is -0.210. The van der Waals surface area contributed by atoms with Gasteiger partial charge in [-0.2, -0.15) is 0 Å². The summed E-state index contributed by atoms with van der Waals surface area (Å²) < 4.78 is 36.6. The van der Waals surface area contributed by atoms with Crippen LogP contribution in [0.4, 0.5) is 0 Å². The van der Waals surface area contributed by atoms with Crippen molar-refractivity contribution in [2.75, 3.05) is 38.8 Å². The summed E-state index contributed by atoms with van der Waals surface area (Å²) >= 11 is 0. The molecular formula is C9H21NO5S. The molecule has 0 aromatic heterocycles. The van der Waals surface area contributed by atoms with Gasteiger partial charge >= 0.3 is 0 Å². The highest BCUT2D eigenvalue weighted by Crippen LogP contribution is 1.92. The summed E-state index contributed by atoms with van der Waals surface area (Å²) in [7, 11) is -3.43. The number of rotatable bonds is 10. The lowest BCUT2D eigenvalue weighted by molar-refractivity contribution is -0.0259. The predicted octanol–water partition coefficient (Wildman–Crippen LogP) is -0.267. The Bertz CT molecular complexity index is 255. The zero-order valence-corrected chi connectivity index (χ0v) is 10.7. The standard InChI is InChI=1S/C9H21NO5S/c1-3-13-8-9(2)15-5-4-14-6-7-16(10,11)12/h9H,3-8H2,1-2H3,(H2,10,11,12). The van der Waals surface area contributed by atoms with Crippen LogP contribution in [0.1, 0.15) is 13.8 Å². The maximum atomic E-state index is 10.5. The Morgan fingerprint density at radius 1 is 1.19 bits per heavy atom. The van der Waals surface area contributed by atoms with E-state index < -0.39 is 10.0 Å². The van der Waals surface area contributed by atoms with Gasteiger partial charge in [0.2, 0.25) is 10.0 Å². The van der Waals surface area contributed by atoms with Crippen molar-refractivity contribution in [2.24, 2.45) is 5.14 Å². The molecule has 1 unspecified atom stereocenters. The molecule has 0 saturated carbocycles. The first-order chi connectivity index (χ1) is 7.45. The molecule has 7 heteroatoms. The Kier molecular flexibility index (Phi) is 8.77. The van der Waals surface area contributed by atoms with Gasteiger partial charge in [0.25, 0.3) is 0 Å². The van der Waals surface area contributed by atoms with Crippen molar-refractivity contribution in [3.05, 3.63) is 0 Å². The van der Waals surface area contributed by atoms with E-state index in [2.05, 4.69) is 0 Å². The Morgan fingerprint density at radius 2 is 1.88 bits per heavy atom. The lowest BCUT2D eigenvalue weighted by Crippen LogP contribution is -2.22. The van der Waals surface area contributed by atoms with Crippen molar-refractivity contribution in [3.8, 4) is 0 Å². The monoisotopic (exact) mass is 255 g/mol. The smallest absolute Gasteiger partial charge is 0.211 e.